The van der Waals surface area contributed by atoms with E-state index >= 15 is 0 Å². The monoisotopic (exact) mass is 331 g/mol. The molecule has 0 heterocycles. The van der Waals surface area contributed by atoms with Crippen LogP contribution < -0.4 is 10.6 Å². The fourth-order valence-corrected chi connectivity index (χ4v) is 1.77. The van der Waals surface area contributed by atoms with E-state index in [4.69, 9.17) is 10.00 Å². The molecule has 0 unspecified atom stereocenters. The third kappa shape index (κ3) is 5.39. The van der Waals surface area contributed by atoms with E-state index in [9.17, 15) is 14.4 Å². The van der Waals surface area contributed by atoms with Crippen LogP contribution in [0.4, 0.5) is 5.69 Å². The van der Waals surface area contributed by atoms with Crippen LogP contribution in [0.25, 0.3) is 0 Å². The van der Waals surface area contributed by atoms with Gasteiger partial charge in [-0.3, -0.25) is 9.59 Å². The highest BCUT2D eigenvalue weighted by Crippen LogP contribution is 2.15. The highest BCUT2D eigenvalue weighted by Gasteiger charge is 2.30. The van der Waals surface area contributed by atoms with E-state index in [1.165, 1.54) is 19.1 Å². The van der Waals surface area contributed by atoms with Crippen molar-refractivity contribution in [1.82, 2.24) is 5.32 Å². The van der Waals surface area contributed by atoms with Gasteiger partial charge in [0.05, 0.1) is 11.6 Å². The van der Waals surface area contributed by atoms with Gasteiger partial charge in [-0.05, 0) is 31.0 Å². The molecule has 1 atom stereocenters. The van der Waals surface area contributed by atoms with Crippen molar-refractivity contribution in [3.05, 3.63) is 29.8 Å². The largest absolute Gasteiger partial charge is 0.452 e. The highest BCUT2D eigenvalue weighted by molar-refractivity contribution is 5.94. The minimum atomic E-state index is -1.03. The number of esters is 1. The van der Waals surface area contributed by atoms with E-state index in [2.05, 4.69) is 10.6 Å². The first-order valence-electron chi connectivity index (χ1n) is 7.45. The molecule has 2 amide bonds. The van der Waals surface area contributed by atoms with Crippen molar-refractivity contribution in [3.63, 3.8) is 0 Å². The number of ether oxygens (including phenoxy) is 1. The predicted molar refractivity (Wildman–Crippen MR) is 88.0 cm³/mol. The summed E-state index contributed by atoms with van der Waals surface area (Å²) in [5.74, 6) is -1.61. The Morgan fingerprint density at radius 1 is 1.33 bits per heavy atom. The Morgan fingerprint density at radius 3 is 2.54 bits per heavy atom. The van der Waals surface area contributed by atoms with Gasteiger partial charge in [0.15, 0.2) is 6.61 Å². The zero-order chi connectivity index (χ0) is 18.3. The maximum absolute atomic E-state index is 12.0. The number of hydrogen-bond donors (Lipinski definition) is 2. The molecule has 0 spiro atoms. The van der Waals surface area contributed by atoms with E-state index < -0.39 is 24.0 Å². The van der Waals surface area contributed by atoms with Crippen molar-refractivity contribution in [1.29, 1.82) is 5.26 Å². The summed E-state index contributed by atoms with van der Waals surface area (Å²) in [5, 5.41) is 14.3. The van der Waals surface area contributed by atoms with Crippen LogP contribution in [0.5, 0.6) is 0 Å². The molecular weight excluding hydrogens is 310 g/mol. The zero-order valence-corrected chi connectivity index (χ0v) is 14.2. The maximum Gasteiger partial charge on any atom is 0.338 e. The lowest BCUT2D eigenvalue weighted by Crippen LogP contribution is -2.50. The van der Waals surface area contributed by atoms with Crippen molar-refractivity contribution in [2.45, 2.75) is 33.2 Å². The molecule has 0 aliphatic heterocycles. The van der Waals surface area contributed by atoms with Crippen molar-refractivity contribution < 1.29 is 19.1 Å². The highest BCUT2D eigenvalue weighted by atomic mass is 16.5. The minimum absolute atomic E-state index is 0.100. The van der Waals surface area contributed by atoms with Crippen molar-refractivity contribution in [2.75, 3.05) is 11.9 Å². The summed E-state index contributed by atoms with van der Waals surface area (Å²) in [4.78, 5) is 34.9. The summed E-state index contributed by atoms with van der Waals surface area (Å²) < 4.78 is 4.95. The zero-order valence-electron chi connectivity index (χ0n) is 14.2. The van der Waals surface area contributed by atoms with Gasteiger partial charge < -0.3 is 15.4 Å². The third-order valence-corrected chi connectivity index (χ3v) is 3.54. The summed E-state index contributed by atoms with van der Waals surface area (Å²) in [6.07, 6.45) is 0. The van der Waals surface area contributed by atoms with E-state index in [0.717, 1.165) is 0 Å². The lowest BCUT2D eigenvalue weighted by Gasteiger charge is -2.27. The smallest absolute Gasteiger partial charge is 0.338 e. The number of anilines is 1. The standard InChI is InChI=1S/C17H21N3O4/c1-11(2)17(4,10-18)20-15(22)9-24-16(23)13-6-5-7-14(8-13)19-12(3)21/h5-8,11H,9H2,1-4H3,(H,19,21)(H,20,22)/t17-/m0/s1. The molecule has 1 rings (SSSR count). The quantitative estimate of drug-likeness (QED) is 0.773. The average molecular weight is 331 g/mol. The molecule has 0 saturated carbocycles. The van der Waals surface area contributed by atoms with E-state index in [0.29, 0.717) is 5.69 Å². The number of rotatable bonds is 6. The Labute approximate surface area is 141 Å². The minimum Gasteiger partial charge on any atom is -0.452 e. The third-order valence-electron chi connectivity index (χ3n) is 3.54. The maximum atomic E-state index is 12.0. The molecule has 24 heavy (non-hydrogen) atoms. The summed E-state index contributed by atoms with van der Waals surface area (Å²) >= 11 is 0. The lowest BCUT2D eigenvalue weighted by atomic mass is 9.90. The van der Waals surface area contributed by atoms with E-state index in [-0.39, 0.29) is 17.4 Å². The van der Waals surface area contributed by atoms with Gasteiger partial charge in [0.2, 0.25) is 5.91 Å². The molecule has 0 aliphatic rings. The van der Waals surface area contributed by atoms with Gasteiger partial charge >= 0.3 is 5.97 Å². The number of nitrogens with one attached hydrogen (secondary N) is 2. The number of hydrogen-bond acceptors (Lipinski definition) is 5. The first-order chi connectivity index (χ1) is 11.2. The predicted octanol–water partition coefficient (Wildman–Crippen LogP) is 1.86. The van der Waals surface area contributed by atoms with Gasteiger partial charge in [-0.1, -0.05) is 19.9 Å². The van der Waals surface area contributed by atoms with Gasteiger partial charge in [0.1, 0.15) is 5.54 Å². The molecule has 7 nitrogen and oxygen atoms in total. The Morgan fingerprint density at radius 2 is 2.00 bits per heavy atom. The molecule has 0 aliphatic carbocycles. The topological polar surface area (TPSA) is 108 Å². The van der Waals surface area contributed by atoms with Crippen LogP contribution in [0, 0.1) is 17.2 Å². The molecular formula is C17H21N3O4. The molecule has 128 valence electrons. The molecule has 0 saturated heterocycles. The second-order valence-corrected chi connectivity index (χ2v) is 5.86. The molecule has 0 aromatic heterocycles. The van der Waals surface area contributed by atoms with Gasteiger partial charge in [-0.25, -0.2) is 4.79 Å². The van der Waals surface area contributed by atoms with Gasteiger partial charge in [0.25, 0.3) is 5.91 Å². The molecule has 7 heteroatoms. The molecule has 1 aromatic rings. The fraction of sp³-hybridized carbons (Fsp3) is 0.412. The first kappa shape index (κ1) is 19.2. The number of carbonyl (C=O) groups excluding carboxylic acids is 3. The van der Waals surface area contributed by atoms with Gasteiger partial charge in [-0.15, -0.1) is 0 Å². The molecule has 2 N–H and O–H groups in total. The molecule has 0 radical (unpaired) electrons. The normalized spacial score (nSPS) is 12.7. The van der Waals surface area contributed by atoms with Crippen LogP contribution in [0.1, 0.15) is 38.1 Å². The number of nitrogens with zero attached hydrogens (tertiary/aromatic N) is 1. The summed E-state index contributed by atoms with van der Waals surface area (Å²) in [7, 11) is 0. The van der Waals surface area contributed by atoms with Crippen molar-refractivity contribution in [3.8, 4) is 6.07 Å². The SMILES string of the molecule is CC(=O)Nc1cccc(C(=O)OCC(=O)N[C@@](C)(C#N)C(C)C)c1. The second kappa shape index (κ2) is 8.11. The van der Waals surface area contributed by atoms with Gasteiger partial charge in [-0.2, -0.15) is 5.26 Å². The summed E-state index contributed by atoms with van der Waals surface area (Å²) in [6.45, 7) is 6.09. The molecule has 0 bridgehead atoms. The summed E-state index contributed by atoms with van der Waals surface area (Å²) in [5.41, 5.74) is -0.367. The number of nitriles is 1. The van der Waals surface area contributed by atoms with Crippen LogP contribution in [-0.2, 0) is 14.3 Å². The molecule has 1 aromatic carbocycles. The van der Waals surface area contributed by atoms with Gasteiger partial charge in [0, 0.05) is 12.6 Å². The Bertz CT molecular complexity index is 679. The van der Waals surface area contributed by atoms with E-state index in [1.807, 2.05) is 19.9 Å². The average Bonchev–Trinajstić information content (AvgIpc) is 2.51. The Hall–Kier alpha value is -2.88. The van der Waals surface area contributed by atoms with Crippen LogP contribution in [0.2, 0.25) is 0 Å². The van der Waals surface area contributed by atoms with Crippen LogP contribution in [0.3, 0.4) is 0 Å². The lowest BCUT2D eigenvalue weighted by molar-refractivity contribution is -0.125. The van der Waals surface area contributed by atoms with Crippen molar-refractivity contribution in [2.24, 2.45) is 5.92 Å². The first-order valence-corrected chi connectivity index (χ1v) is 7.45. The number of carbonyl (C=O) groups is 3. The summed E-state index contributed by atoms with van der Waals surface area (Å²) in [6, 6.07) is 8.23. The number of amides is 2. The van der Waals surface area contributed by atoms with E-state index in [1.54, 1.807) is 19.1 Å². The molecule has 0 fully saturated rings. The second-order valence-electron chi connectivity index (χ2n) is 5.86. The number of benzene rings is 1. The van der Waals surface area contributed by atoms with Crippen LogP contribution in [-0.4, -0.2) is 29.9 Å². The Kier molecular flexibility index (Phi) is 6.48. The van der Waals surface area contributed by atoms with Crippen LogP contribution in [0.15, 0.2) is 24.3 Å². The fourth-order valence-electron chi connectivity index (χ4n) is 1.77. The van der Waals surface area contributed by atoms with Crippen molar-refractivity contribution >= 4 is 23.5 Å². The van der Waals surface area contributed by atoms with Crippen LogP contribution >= 0.6 is 0 Å². The Balaban J connectivity index is 2.65.